The number of ketones is 1. The van der Waals surface area contributed by atoms with E-state index in [0.717, 1.165) is 0 Å². The zero-order chi connectivity index (χ0) is 8.15. The average molecular weight is 137 g/mol. The minimum atomic E-state index is -0.0436. The molecule has 0 aromatic carbocycles. The van der Waals surface area contributed by atoms with Gasteiger partial charge in [-0.15, -0.1) is 12.3 Å². The van der Waals surface area contributed by atoms with Crippen molar-refractivity contribution in [3.8, 4) is 12.3 Å². The molecule has 0 bridgehead atoms. The van der Waals surface area contributed by atoms with Gasteiger partial charge in [0.05, 0.1) is 0 Å². The second kappa shape index (κ2) is 3.73. The first kappa shape index (κ1) is 8.77. The first-order chi connectivity index (χ1) is 4.59. The maximum Gasteiger partial charge on any atom is 0.158 e. The second-order valence-electron chi connectivity index (χ2n) is 2.10. The fraction of sp³-hybridized carbons (Fsp3) is 0.375. The zero-order valence-electron chi connectivity index (χ0n) is 6.27. The van der Waals surface area contributed by atoms with E-state index in [1.807, 2.05) is 0 Å². The van der Waals surface area contributed by atoms with Crippen LogP contribution < -0.4 is 5.73 Å². The van der Waals surface area contributed by atoms with Crippen LogP contribution in [0.25, 0.3) is 0 Å². The summed E-state index contributed by atoms with van der Waals surface area (Å²) in [4.78, 5) is 10.7. The van der Waals surface area contributed by atoms with E-state index in [9.17, 15) is 4.79 Å². The Balaban J connectivity index is 4.48. The normalized spacial score (nSPS) is 11.7. The Morgan fingerprint density at radius 3 is 2.20 bits per heavy atom. The molecule has 0 amide bonds. The number of allylic oxidation sites excluding steroid dienone is 2. The van der Waals surface area contributed by atoms with E-state index < -0.39 is 0 Å². The summed E-state index contributed by atoms with van der Waals surface area (Å²) in [5, 5.41) is 0. The summed E-state index contributed by atoms with van der Waals surface area (Å²) < 4.78 is 0. The third kappa shape index (κ3) is 2.36. The summed E-state index contributed by atoms with van der Waals surface area (Å²) in [5.74, 6) is 2.33. The molecular formula is C8H11NO. The van der Waals surface area contributed by atoms with Gasteiger partial charge >= 0.3 is 0 Å². The molecule has 0 saturated carbocycles. The van der Waals surface area contributed by atoms with Crippen LogP contribution in [0.15, 0.2) is 11.3 Å². The lowest BCUT2D eigenvalue weighted by Crippen LogP contribution is -2.05. The van der Waals surface area contributed by atoms with Crippen molar-refractivity contribution < 1.29 is 4.79 Å². The van der Waals surface area contributed by atoms with Crippen LogP contribution in [-0.2, 0) is 4.79 Å². The van der Waals surface area contributed by atoms with Crippen LogP contribution in [0.4, 0.5) is 0 Å². The van der Waals surface area contributed by atoms with Crippen LogP contribution in [0, 0.1) is 12.3 Å². The van der Waals surface area contributed by atoms with Gasteiger partial charge in [-0.25, -0.2) is 0 Å². The predicted octanol–water partition coefficient (Wildman–Crippen LogP) is 0.831. The predicted molar refractivity (Wildman–Crippen MR) is 41.0 cm³/mol. The molecule has 54 valence electrons. The number of carbonyl (C=O) groups is 1. The highest BCUT2D eigenvalue weighted by Crippen LogP contribution is 2.04. The largest absolute Gasteiger partial charge is 0.402 e. The van der Waals surface area contributed by atoms with Crippen LogP contribution in [0.1, 0.15) is 20.3 Å². The summed E-state index contributed by atoms with van der Waals surface area (Å²) in [6, 6.07) is 0. The molecule has 2 heteroatoms. The number of hydrogen-bond acceptors (Lipinski definition) is 2. The van der Waals surface area contributed by atoms with E-state index in [-0.39, 0.29) is 5.78 Å². The van der Waals surface area contributed by atoms with Gasteiger partial charge in [0.15, 0.2) is 5.78 Å². The monoisotopic (exact) mass is 137 g/mol. The van der Waals surface area contributed by atoms with Gasteiger partial charge in [-0.05, 0) is 13.8 Å². The van der Waals surface area contributed by atoms with Crippen molar-refractivity contribution in [2.45, 2.75) is 20.3 Å². The van der Waals surface area contributed by atoms with Crippen molar-refractivity contribution >= 4 is 5.78 Å². The number of carbonyl (C=O) groups excluding carboxylic acids is 1. The summed E-state index contributed by atoms with van der Waals surface area (Å²) in [5.41, 5.74) is 6.45. The SMILES string of the molecule is C#CCC(C(C)=O)=C(C)N. The van der Waals surface area contributed by atoms with Crippen molar-refractivity contribution in [1.82, 2.24) is 0 Å². The maximum atomic E-state index is 10.7. The quantitative estimate of drug-likeness (QED) is 0.452. The van der Waals surface area contributed by atoms with E-state index >= 15 is 0 Å². The molecular weight excluding hydrogens is 126 g/mol. The zero-order valence-corrected chi connectivity index (χ0v) is 6.27. The number of terminal acetylenes is 1. The first-order valence-electron chi connectivity index (χ1n) is 2.99. The Morgan fingerprint density at radius 1 is 1.60 bits per heavy atom. The highest BCUT2D eigenvalue weighted by molar-refractivity contribution is 5.94. The molecule has 0 heterocycles. The third-order valence-corrected chi connectivity index (χ3v) is 1.18. The van der Waals surface area contributed by atoms with Crippen LogP contribution in [0.3, 0.4) is 0 Å². The molecule has 2 nitrogen and oxygen atoms in total. The Hall–Kier alpha value is -1.23. The number of hydrogen-bond donors (Lipinski definition) is 1. The fourth-order valence-electron chi connectivity index (χ4n) is 0.644. The molecule has 0 atom stereocenters. The summed E-state index contributed by atoms with van der Waals surface area (Å²) in [7, 11) is 0. The first-order valence-corrected chi connectivity index (χ1v) is 2.99. The second-order valence-corrected chi connectivity index (χ2v) is 2.10. The van der Waals surface area contributed by atoms with Crippen LogP contribution >= 0.6 is 0 Å². The van der Waals surface area contributed by atoms with Crippen LogP contribution in [0.5, 0.6) is 0 Å². The maximum absolute atomic E-state index is 10.7. The molecule has 0 aromatic heterocycles. The number of rotatable bonds is 2. The lowest BCUT2D eigenvalue weighted by Gasteiger charge is -1.99. The Morgan fingerprint density at radius 2 is 2.10 bits per heavy atom. The molecule has 0 spiro atoms. The molecule has 0 fully saturated rings. The highest BCUT2D eigenvalue weighted by Gasteiger charge is 2.03. The summed E-state index contributed by atoms with van der Waals surface area (Å²) in [6.07, 6.45) is 5.34. The highest BCUT2D eigenvalue weighted by atomic mass is 16.1. The molecule has 0 radical (unpaired) electrons. The third-order valence-electron chi connectivity index (χ3n) is 1.18. The van der Waals surface area contributed by atoms with Crippen LogP contribution in [-0.4, -0.2) is 5.78 Å². The Kier molecular flexibility index (Phi) is 3.27. The average Bonchev–Trinajstić information content (AvgIpc) is 1.81. The summed E-state index contributed by atoms with van der Waals surface area (Å²) >= 11 is 0. The van der Waals surface area contributed by atoms with Gasteiger partial charge in [-0.1, -0.05) is 0 Å². The molecule has 2 N–H and O–H groups in total. The van der Waals surface area contributed by atoms with Crippen LogP contribution in [0.2, 0.25) is 0 Å². The minimum Gasteiger partial charge on any atom is -0.402 e. The van der Waals surface area contributed by atoms with Crippen molar-refractivity contribution in [2.24, 2.45) is 5.73 Å². The van der Waals surface area contributed by atoms with Crippen molar-refractivity contribution in [3.05, 3.63) is 11.3 Å². The lowest BCUT2D eigenvalue weighted by molar-refractivity contribution is -0.113. The van der Waals surface area contributed by atoms with Crippen molar-refractivity contribution in [3.63, 3.8) is 0 Å². The smallest absolute Gasteiger partial charge is 0.158 e. The minimum absolute atomic E-state index is 0.0436. The molecule has 0 rings (SSSR count). The van der Waals surface area contributed by atoms with E-state index in [1.54, 1.807) is 6.92 Å². The molecule has 0 aliphatic heterocycles. The Labute approximate surface area is 61.1 Å². The number of nitrogens with two attached hydrogens (primary N) is 1. The standard InChI is InChI=1S/C8H11NO/c1-4-5-8(6(2)9)7(3)10/h1H,5,9H2,2-3H3. The van der Waals surface area contributed by atoms with Gasteiger partial charge in [0.2, 0.25) is 0 Å². The van der Waals surface area contributed by atoms with Crippen molar-refractivity contribution in [2.75, 3.05) is 0 Å². The summed E-state index contributed by atoms with van der Waals surface area (Å²) in [6.45, 7) is 3.14. The van der Waals surface area contributed by atoms with Gasteiger partial charge in [0.1, 0.15) is 0 Å². The number of Topliss-reactive ketones (excluding diaryl/α,β-unsaturated/α-hetero) is 1. The van der Waals surface area contributed by atoms with Gasteiger partial charge in [0, 0.05) is 17.7 Å². The van der Waals surface area contributed by atoms with Gasteiger partial charge in [-0.2, -0.15) is 0 Å². The van der Waals surface area contributed by atoms with Crippen molar-refractivity contribution in [1.29, 1.82) is 0 Å². The van der Waals surface area contributed by atoms with E-state index in [0.29, 0.717) is 17.7 Å². The molecule has 0 aliphatic carbocycles. The van der Waals surface area contributed by atoms with Gasteiger partial charge < -0.3 is 5.73 Å². The lowest BCUT2D eigenvalue weighted by atomic mass is 10.1. The Bertz CT molecular complexity index is 204. The van der Waals surface area contributed by atoms with Gasteiger partial charge in [-0.3, -0.25) is 4.79 Å². The van der Waals surface area contributed by atoms with E-state index in [4.69, 9.17) is 12.2 Å². The molecule has 0 aliphatic rings. The molecule has 10 heavy (non-hydrogen) atoms. The van der Waals surface area contributed by atoms with E-state index in [1.165, 1.54) is 6.92 Å². The molecule has 0 saturated heterocycles. The van der Waals surface area contributed by atoms with Gasteiger partial charge in [0.25, 0.3) is 0 Å². The topological polar surface area (TPSA) is 43.1 Å². The fourth-order valence-corrected chi connectivity index (χ4v) is 0.644. The van der Waals surface area contributed by atoms with E-state index in [2.05, 4.69) is 5.92 Å². The molecule has 0 aromatic rings. The molecule has 0 unspecified atom stereocenters.